The molecule has 0 atom stereocenters. The first-order valence-electron chi connectivity index (χ1n) is 7.71. The highest BCUT2D eigenvalue weighted by atomic mass is 19.1. The molecule has 0 radical (unpaired) electrons. The number of carbonyl (C=O) groups is 1. The molecule has 0 unspecified atom stereocenters. The fraction of sp³-hybridized carbons (Fsp3) is 0.316. The summed E-state index contributed by atoms with van der Waals surface area (Å²) in [5.74, 6) is -2.15. The summed E-state index contributed by atoms with van der Waals surface area (Å²) < 4.78 is 27.6. The fourth-order valence-electron chi connectivity index (χ4n) is 2.59. The third-order valence-corrected chi connectivity index (χ3v) is 3.80. The van der Waals surface area contributed by atoms with E-state index in [-0.39, 0.29) is 11.8 Å². The number of anilines is 1. The van der Waals surface area contributed by atoms with E-state index in [4.69, 9.17) is 0 Å². The average molecular weight is 317 g/mol. The topological polar surface area (TPSA) is 29.1 Å². The Hall–Kier alpha value is -2.23. The van der Waals surface area contributed by atoms with Gasteiger partial charge in [-0.05, 0) is 35.1 Å². The second kappa shape index (κ2) is 6.90. The van der Waals surface area contributed by atoms with E-state index in [0.29, 0.717) is 5.69 Å². The third-order valence-electron chi connectivity index (χ3n) is 3.80. The van der Waals surface area contributed by atoms with E-state index in [1.165, 1.54) is 6.07 Å². The molecule has 2 aromatic carbocycles. The van der Waals surface area contributed by atoms with Crippen molar-refractivity contribution in [3.05, 3.63) is 64.7 Å². The Morgan fingerprint density at radius 1 is 0.870 bits per heavy atom. The van der Waals surface area contributed by atoms with Crippen molar-refractivity contribution in [2.24, 2.45) is 0 Å². The number of amides is 1. The summed E-state index contributed by atoms with van der Waals surface area (Å²) in [4.78, 5) is 12.4. The minimum absolute atomic E-state index is 0.175. The first-order chi connectivity index (χ1) is 10.8. The molecule has 0 bridgehead atoms. The second-order valence-electron chi connectivity index (χ2n) is 6.17. The number of nitrogens with one attached hydrogen (secondary N) is 1. The Labute approximate surface area is 135 Å². The Balaban J connectivity index is 2.49. The molecule has 23 heavy (non-hydrogen) atoms. The van der Waals surface area contributed by atoms with Crippen molar-refractivity contribution in [3.63, 3.8) is 0 Å². The predicted molar refractivity (Wildman–Crippen MR) is 88.9 cm³/mol. The Morgan fingerprint density at radius 3 is 1.74 bits per heavy atom. The number of carbonyl (C=O) groups excluding carboxylic acids is 1. The molecule has 0 spiro atoms. The summed E-state index contributed by atoms with van der Waals surface area (Å²) in [6.45, 7) is 8.05. The lowest BCUT2D eigenvalue weighted by atomic mass is 9.92. The number of halogens is 2. The molecule has 0 aliphatic carbocycles. The van der Waals surface area contributed by atoms with Crippen molar-refractivity contribution in [1.29, 1.82) is 0 Å². The average Bonchev–Trinajstić information content (AvgIpc) is 2.46. The molecule has 4 heteroatoms. The summed E-state index contributed by atoms with van der Waals surface area (Å²) in [5, 5.41) is 2.72. The van der Waals surface area contributed by atoms with Crippen LogP contribution in [0.3, 0.4) is 0 Å². The van der Waals surface area contributed by atoms with Gasteiger partial charge in [0.1, 0.15) is 17.2 Å². The molecule has 2 aromatic rings. The maximum Gasteiger partial charge on any atom is 0.261 e. The smallest absolute Gasteiger partial charge is 0.261 e. The largest absolute Gasteiger partial charge is 0.321 e. The van der Waals surface area contributed by atoms with Crippen LogP contribution in [0.15, 0.2) is 36.4 Å². The number of hydrogen-bond donors (Lipinski definition) is 1. The van der Waals surface area contributed by atoms with Crippen LogP contribution in [0.25, 0.3) is 0 Å². The van der Waals surface area contributed by atoms with Crippen molar-refractivity contribution in [1.82, 2.24) is 0 Å². The van der Waals surface area contributed by atoms with Gasteiger partial charge in [-0.25, -0.2) is 8.78 Å². The van der Waals surface area contributed by atoms with Crippen molar-refractivity contribution in [2.75, 3.05) is 5.32 Å². The minimum atomic E-state index is -0.865. The number of hydrogen-bond acceptors (Lipinski definition) is 1. The third kappa shape index (κ3) is 3.58. The number of para-hydroxylation sites is 1. The van der Waals surface area contributed by atoms with E-state index >= 15 is 0 Å². The van der Waals surface area contributed by atoms with E-state index in [0.717, 1.165) is 23.3 Å². The van der Waals surface area contributed by atoms with Crippen LogP contribution < -0.4 is 5.32 Å². The first-order valence-corrected chi connectivity index (χ1v) is 7.71. The molecule has 0 aliphatic rings. The van der Waals surface area contributed by atoms with Gasteiger partial charge in [0.15, 0.2) is 0 Å². The van der Waals surface area contributed by atoms with E-state index in [2.05, 4.69) is 5.32 Å². The SMILES string of the molecule is CC(C)c1cccc(C(C)C)c1NC(=O)c1c(F)cccc1F. The van der Waals surface area contributed by atoms with Gasteiger partial charge in [0.05, 0.1) is 0 Å². The van der Waals surface area contributed by atoms with Crippen LogP contribution in [0, 0.1) is 11.6 Å². The molecular weight excluding hydrogens is 296 g/mol. The Bertz CT molecular complexity index is 677. The summed E-state index contributed by atoms with van der Waals surface area (Å²) in [6.07, 6.45) is 0. The standard InChI is InChI=1S/C19H21F2NO/c1-11(2)13-7-5-8-14(12(3)4)18(13)22-19(23)17-15(20)9-6-10-16(17)21/h5-12H,1-4H3,(H,22,23). The number of rotatable bonds is 4. The summed E-state index contributed by atoms with van der Waals surface area (Å²) in [5.41, 5.74) is 1.98. The molecule has 2 nitrogen and oxygen atoms in total. The van der Waals surface area contributed by atoms with Gasteiger partial charge in [0.25, 0.3) is 5.91 Å². The summed E-state index contributed by atoms with van der Waals surface area (Å²) >= 11 is 0. The lowest BCUT2D eigenvalue weighted by Gasteiger charge is -2.20. The van der Waals surface area contributed by atoms with Crippen molar-refractivity contribution < 1.29 is 13.6 Å². The molecular formula is C19H21F2NO. The van der Waals surface area contributed by atoms with Gasteiger partial charge in [-0.3, -0.25) is 4.79 Å². The lowest BCUT2D eigenvalue weighted by Crippen LogP contribution is -2.18. The van der Waals surface area contributed by atoms with Crippen LogP contribution in [-0.4, -0.2) is 5.91 Å². The maximum absolute atomic E-state index is 13.8. The predicted octanol–water partition coefficient (Wildman–Crippen LogP) is 5.46. The zero-order valence-electron chi connectivity index (χ0n) is 13.8. The first kappa shape index (κ1) is 17.1. The molecule has 0 saturated carbocycles. The van der Waals surface area contributed by atoms with E-state index in [9.17, 15) is 13.6 Å². The van der Waals surface area contributed by atoms with Crippen LogP contribution >= 0.6 is 0 Å². The molecule has 0 heterocycles. The lowest BCUT2D eigenvalue weighted by molar-refractivity contribution is 0.101. The molecule has 0 aliphatic heterocycles. The van der Waals surface area contributed by atoms with E-state index in [1.54, 1.807) is 0 Å². The molecule has 0 aromatic heterocycles. The molecule has 2 rings (SSSR count). The fourth-order valence-corrected chi connectivity index (χ4v) is 2.59. The zero-order chi connectivity index (χ0) is 17.1. The van der Waals surface area contributed by atoms with Crippen LogP contribution in [0.1, 0.15) is 61.0 Å². The molecule has 0 fully saturated rings. The van der Waals surface area contributed by atoms with Crippen LogP contribution in [0.5, 0.6) is 0 Å². The molecule has 1 amide bonds. The van der Waals surface area contributed by atoms with Crippen LogP contribution in [-0.2, 0) is 0 Å². The van der Waals surface area contributed by atoms with E-state index < -0.39 is 23.1 Å². The summed E-state index contributed by atoms with van der Waals surface area (Å²) in [6, 6.07) is 9.17. The molecule has 0 saturated heterocycles. The van der Waals surface area contributed by atoms with Crippen molar-refractivity contribution in [2.45, 2.75) is 39.5 Å². The van der Waals surface area contributed by atoms with Gasteiger partial charge in [-0.1, -0.05) is 52.0 Å². The quantitative estimate of drug-likeness (QED) is 0.796. The van der Waals surface area contributed by atoms with Crippen LogP contribution in [0.2, 0.25) is 0 Å². The van der Waals surface area contributed by atoms with Crippen molar-refractivity contribution in [3.8, 4) is 0 Å². The molecule has 1 N–H and O–H groups in total. The molecule has 122 valence electrons. The van der Waals surface area contributed by atoms with Gasteiger partial charge in [-0.15, -0.1) is 0 Å². The van der Waals surface area contributed by atoms with Gasteiger partial charge in [0.2, 0.25) is 0 Å². The second-order valence-corrected chi connectivity index (χ2v) is 6.17. The van der Waals surface area contributed by atoms with Gasteiger partial charge in [0, 0.05) is 5.69 Å². The minimum Gasteiger partial charge on any atom is -0.321 e. The van der Waals surface area contributed by atoms with Gasteiger partial charge in [-0.2, -0.15) is 0 Å². The van der Waals surface area contributed by atoms with Gasteiger partial charge < -0.3 is 5.32 Å². The Morgan fingerprint density at radius 2 is 1.30 bits per heavy atom. The van der Waals surface area contributed by atoms with E-state index in [1.807, 2.05) is 45.9 Å². The highest BCUT2D eigenvalue weighted by Gasteiger charge is 2.21. The normalized spacial score (nSPS) is 11.1. The van der Waals surface area contributed by atoms with Crippen LogP contribution in [0.4, 0.5) is 14.5 Å². The zero-order valence-corrected chi connectivity index (χ0v) is 13.8. The number of benzene rings is 2. The Kier molecular flexibility index (Phi) is 5.14. The highest BCUT2D eigenvalue weighted by molar-refractivity contribution is 6.05. The van der Waals surface area contributed by atoms with Gasteiger partial charge >= 0.3 is 0 Å². The summed E-state index contributed by atoms with van der Waals surface area (Å²) in [7, 11) is 0. The van der Waals surface area contributed by atoms with Crippen molar-refractivity contribution >= 4 is 11.6 Å². The monoisotopic (exact) mass is 317 g/mol. The maximum atomic E-state index is 13.8. The highest BCUT2D eigenvalue weighted by Crippen LogP contribution is 2.33.